The quantitative estimate of drug-likeness (QED) is 0.141. The third kappa shape index (κ3) is 6.96. The number of carbonyl (C=O) groups is 1. The number of phenols is 1. The van der Waals surface area contributed by atoms with Gasteiger partial charge in [0, 0.05) is 12.1 Å². The normalized spacial score (nSPS) is 29.1. The summed E-state index contributed by atoms with van der Waals surface area (Å²) in [6, 6.07) is 5.36. The summed E-state index contributed by atoms with van der Waals surface area (Å²) in [6.45, 7) is -2.04. The Labute approximate surface area is 263 Å². The Kier molecular flexibility index (Phi) is 11.2. The molecule has 4 rings (SSSR count). The van der Waals surface area contributed by atoms with Gasteiger partial charge in [0.25, 0.3) is 0 Å². The number of aromatic hydroxyl groups is 1. The van der Waals surface area contributed by atoms with E-state index in [4.69, 9.17) is 47.4 Å². The first-order valence-corrected chi connectivity index (χ1v) is 13.8. The van der Waals surface area contributed by atoms with Crippen LogP contribution in [0.3, 0.4) is 0 Å². The third-order valence-electron chi connectivity index (χ3n) is 7.49. The average Bonchev–Trinajstić information content (AvgIpc) is 3.35. The number of aliphatic hydroxyl groups excluding tert-OH is 4. The first kappa shape index (κ1) is 35.1. The summed E-state index contributed by atoms with van der Waals surface area (Å²) < 4.78 is 54.3. The number of hydrogen-bond acceptors (Lipinski definition) is 17. The first-order valence-electron chi connectivity index (χ1n) is 13.8. The number of rotatable bonds is 13. The highest BCUT2D eigenvalue weighted by atomic mass is 16.8. The van der Waals surface area contributed by atoms with Gasteiger partial charge in [0.1, 0.15) is 36.8 Å². The summed E-state index contributed by atoms with van der Waals surface area (Å²) >= 11 is 0. The van der Waals surface area contributed by atoms with E-state index in [2.05, 4.69) is 0 Å². The summed E-state index contributed by atoms with van der Waals surface area (Å²) in [6.07, 6.45) is -11.4. The van der Waals surface area contributed by atoms with Crippen LogP contribution in [0.2, 0.25) is 0 Å². The van der Waals surface area contributed by atoms with Gasteiger partial charge in [0.15, 0.2) is 41.0 Å². The van der Waals surface area contributed by atoms with Crippen LogP contribution in [0.1, 0.15) is 10.4 Å². The molecule has 2 heterocycles. The zero-order valence-corrected chi connectivity index (χ0v) is 25.6. The summed E-state index contributed by atoms with van der Waals surface area (Å²) in [5.41, 5.74) is -2.27. The highest BCUT2D eigenvalue weighted by Crippen LogP contribution is 2.43. The van der Waals surface area contributed by atoms with Gasteiger partial charge in [-0.05, 0) is 12.1 Å². The summed E-state index contributed by atoms with van der Waals surface area (Å²) in [5, 5.41) is 63.5. The molecule has 0 aromatic heterocycles. The Balaban J connectivity index is 1.52. The lowest BCUT2D eigenvalue weighted by Gasteiger charge is -2.42. The largest absolute Gasteiger partial charge is 0.502 e. The summed E-state index contributed by atoms with van der Waals surface area (Å²) in [4.78, 5) is 12.8. The maximum absolute atomic E-state index is 12.8. The van der Waals surface area contributed by atoms with E-state index in [1.807, 2.05) is 0 Å². The van der Waals surface area contributed by atoms with Crippen molar-refractivity contribution in [3.05, 3.63) is 29.8 Å². The number of aliphatic hydroxyl groups is 5. The van der Waals surface area contributed by atoms with Crippen LogP contribution in [0.4, 0.5) is 0 Å². The fourth-order valence-electron chi connectivity index (χ4n) is 4.84. The van der Waals surface area contributed by atoms with E-state index in [9.17, 15) is 35.4 Å². The van der Waals surface area contributed by atoms with Crippen molar-refractivity contribution in [3.63, 3.8) is 0 Å². The smallest absolute Gasteiger partial charge is 0.338 e. The highest BCUT2D eigenvalue weighted by molar-refractivity contribution is 5.91. The van der Waals surface area contributed by atoms with Crippen molar-refractivity contribution in [3.8, 4) is 40.2 Å². The van der Waals surface area contributed by atoms with E-state index < -0.39 is 74.5 Å². The molecular weight excluding hydrogens is 620 g/mol. The zero-order valence-electron chi connectivity index (χ0n) is 25.6. The topological polar surface area (TPSA) is 231 Å². The third-order valence-corrected chi connectivity index (χ3v) is 7.49. The Hall–Kier alpha value is -3.81. The molecule has 0 spiro atoms. The minimum atomic E-state index is -2.18. The van der Waals surface area contributed by atoms with Gasteiger partial charge >= 0.3 is 5.97 Å². The van der Waals surface area contributed by atoms with Gasteiger partial charge in [0.2, 0.25) is 17.8 Å². The molecule has 17 heteroatoms. The zero-order chi connectivity index (χ0) is 33.8. The lowest BCUT2D eigenvalue weighted by atomic mass is 9.98. The van der Waals surface area contributed by atoms with Crippen LogP contribution in [0, 0.1) is 0 Å². The molecule has 46 heavy (non-hydrogen) atoms. The fourth-order valence-corrected chi connectivity index (χ4v) is 4.84. The molecule has 0 radical (unpaired) electrons. The molecule has 0 saturated carbocycles. The van der Waals surface area contributed by atoms with Crippen LogP contribution in [0.5, 0.6) is 40.2 Å². The molecule has 0 amide bonds. The van der Waals surface area contributed by atoms with Crippen molar-refractivity contribution in [2.24, 2.45) is 0 Å². The van der Waals surface area contributed by atoms with E-state index in [0.717, 1.165) is 0 Å². The Bertz CT molecular complexity index is 1300. The van der Waals surface area contributed by atoms with Crippen LogP contribution in [-0.4, -0.2) is 141 Å². The monoisotopic (exact) mass is 658 g/mol. The molecule has 17 nitrogen and oxygen atoms in total. The molecule has 256 valence electrons. The number of benzene rings is 2. The minimum absolute atomic E-state index is 0.0107. The molecule has 0 bridgehead atoms. The molecule has 2 aliphatic heterocycles. The lowest BCUT2D eigenvalue weighted by Crippen LogP contribution is -2.62. The molecule has 2 fully saturated rings. The molecule has 0 unspecified atom stereocenters. The molecular formula is C29H38O17. The second-order valence-corrected chi connectivity index (χ2v) is 10.3. The van der Waals surface area contributed by atoms with Crippen LogP contribution in [0.15, 0.2) is 24.3 Å². The van der Waals surface area contributed by atoms with Gasteiger partial charge in [0.05, 0.1) is 54.3 Å². The summed E-state index contributed by atoms with van der Waals surface area (Å²) in [5.74, 6) is -0.793. The van der Waals surface area contributed by atoms with E-state index in [1.54, 1.807) is 0 Å². The van der Waals surface area contributed by atoms with Gasteiger partial charge in [-0.3, -0.25) is 0 Å². The predicted octanol–water partition coefficient (Wildman–Crippen LogP) is -1.06. The molecule has 2 saturated heterocycles. The predicted molar refractivity (Wildman–Crippen MR) is 152 cm³/mol. The number of methoxy groups -OCH3 is 5. The fraction of sp³-hybridized carbons (Fsp3) is 0.552. The van der Waals surface area contributed by atoms with Crippen molar-refractivity contribution >= 4 is 5.97 Å². The van der Waals surface area contributed by atoms with E-state index in [0.29, 0.717) is 5.75 Å². The van der Waals surface area contributed by atoms with Crippen LogP contribution >= 0.6 is 0 Å². The van der Waals surface area contributed by atoms with E-state index in [1.165, 1.54) is 59.8 Å². The number of ether oxygens (including phenoxy) is 10. The molecule has 8 atom stereocenters. The van der Waals surface area contributed by atoms with E-state index >= 15 is 0 Å². The van der Waals surface area contributed by atoms with Gasteiger partial charge < -0.3 is 78.0 Å². The maximum atomic E-state index is 12.8. The van der Waals surface area contributed by atoms with Crippen molar-refractivity contribution in [1.82, 2.24) is 0 Å². The number of hydrogen-bond donors (Lipinski definition) is 6. The van der Waals surface area contributed by atoms with Gasteiger partial charge in [-0.2, -0.15) is 0 Å². The SMILES string of the molecule is COc1cc(OC)c(O[C@@H]2O[C@H](CO)[C@@H](O)[C@H](O)[C@H]2O[C@@H]2OC[C@](O)(COC(=O)c3cc(OC)c(O)c(OC)c3)[C@H]2O)c(OC)c1. The van der Waals surface area contributed by atoms with Crippen molar-refractivity contribution < 1.29 is 82.8 Å². The van der Waals surface area contributed by atoms with Gasteiger partial charge in [-0.25, -0.2) is 4.79 Å². The average molecular weight is 659 g/mol. The maximum Gasteiger partial charge on any atom is 0.338 e. The van der Waals surface area contributed by atoms with Gasteiger partial charge in [-0.1, -0.05) is 0 Å². The number of esters is 1. The first-order chi connectivity index (χ1) is 21.9. The highest BCUT2D eigenvalue weighted by Gasteiger charge is 2.54. The molecule has 2 aromatic carbocycles. The minimum Gasteiger partial charge on any atom is -0.502 e. The Morgan fingerprint density at radius 3 is 1.98 bits per heavy atom. The Morgan fingerprint density at radius 1 is 0.870 bits per heavy atom. The number of carbonyl (C=O) groups excluding carboxylic acids is 1. The molecule has 0 aliphatic carbocycles. The van der Waals surface area contributed by atoms with Gasteiger partial charge in [-0.15, -0.1) is 0 Å². The van der Waals surface area contributed by atoms with Crippen molar-refractivity contribution in [2.45, 2.75) is 48.7 Å². The number of phenolic OH excluding ortho intramolecular Hbond substituents is 1. The molecule has 2 aliphatic rings. The second kappa shape index (κ2) is 14.7. The van der Waals surface area contributed by atoms with Crippen LogP contribution in [-0.2, 0) is 18.9 Å². The van der Waals surface area contributed by atoms with Crippen molar-refractivity contribution in [2.75, 3.05) is 55.4 Å². The van der Waals surface area contributed by atoms with Crippen LogP contribution < -0.4 is 28.4 Å². The standard InChI is InChI=1S/C29H38O17/c1-37-14-8-17(40-4)23(18(9-14)41-5)45-27-24(22(33)21(32)19(10-30)44-27)46-28-25(34)29(36,12-43-28)11-42-26(35)13-6-15(38-2)20(31)16(7-13)39-3/h6-9,19,21-22,24-25,27-28,30-34,36H,10-12H2,1-5H3/t19-,21-,22+,24-,25+,27+,28+,29-/m1/s1. The summed E-state index contributed by atoms with van der Waals surface area (Å²) in [7, 11) is 6.70. The Morgan fingerprint density at radius 2 is 1.46 bits per heavy atom. The second-order valence-electron chi connectivity index (χ2n) is 10.3. The van der Waals surface area contributed by atoms with Crippen molar-refractivity contribution in [1.29, 1.82) is 0 Å². The van der Waals surface area contributed by atoms with Crippen LogP contribution in [0.25, 0.3) is 0 Å². The molecule has 2 aromatic rings. The van der Waals surface area contributed by atoms with E-state index in [-0.39, 0.29) is 40.1 Å². The lowest BCUT2D eigenvalue weighted by molar-refractivity contribution is -0.319. The molecule has 6 N–H and O–H groups in total.